The van der Waals surface area contributed by atoms with Crippen molar-refractivity contribution in [3.8, 4) is 0 Å². The molecule has 0 saturated carbocycles. The first kappa shape index (κ1) is 14.1. The first-order valence-electron chi connectivity index (χ1n) is 5.23. The lowest BCUT2D eigenvalue weighted by Gasteiger charge is -2.44. The van der Waals surface area contributed by atoms with Crippen LogP contribution in [0.3, 0.4) is 0 Å². The number of rotatable bonds is 1. The van der Waals surface area contributed by atoms with Crippen molar-refractivity contribution in [3.63, 3.8) is 0 Å². The van der Waals surface area contributed by atoms with E-state index < -0.39 is 11.0 Å². The molecule has 1 rings (SSSR count). The normalized spacial score (nSPS) is 25.0. The van der Waals surface area contributed by atoms with Crippen molar-refractivity contribution >= 4 is 11.0 Å². The Bertz CT molecular complexity index is 195. The molecule has 86 valence electrons. The first-order valence-corrected chi connectivity index (χ1v) is 6.75. The van der Waals surface area contributed by atoms with Crippen molar-refractivity contribution in [1.29, 1.82) is 0 Å². The maximum absolute atomic E-state index is 11.3. The number of nitrogens with zero attached hydrogens (tertiary/aromatic N) is 2. The van der Waals surface area contributed by atoms with Crippen molar-refractivity contribution in [3.05, 3.63) is 0 Å². The van der Waals surface area contributed by atoms with E-state index in [-0.39, 0.29) is 5.54 Å². The van der Waals surface area contributed by atoms with Crippen LogP contribution in [0.15, 0.2) is 0 Å². The summed E-state index contributed by atoms with van der Waals surface area (Å²) in [5.41, 5.74) is 0.0482. The van der Waals surface area contributed by atoms with Gasteiger partial charge in [0.2, 0.25) is 0 Å². The van der Waals surface area contributed by atoms with E-state index >= 15 is 0 Å². The Kier molecular flexibility index (Phi) is 5.86. The molecule has 0 aromatic rings. The summed E-state index contributed by atoms with van der Waals surface area (Å²) < 4.78 is 13.4. The fraction of sp³-hybridized carbons (Fsp3) is 1.00. The molecule has 0 aliphatic carbocycles. The molecule has 0 spiro atoms. The molecule has 0 bridgehead atoms. The van der Waals surface area contributed by atoms with E-state index in [1.807, 2.05) is 13.8 Å². The van der Waals surface area contributed by atoms with Crippen molar-refractivity contribution in [2.45, 2.75) is 33.2 Å². The lowest BCUT2D eigenvalue weighted by molar-refractivity contribution is 0.105. The van der Waals surface area contributed by atoms with Crippen molar-refractivity contribution in [2.75, 3.05) is 32.9 Å². The number of piperazine rings is 1. The van der Waals surface area contributed by atoms with Gasteiger partial charge in [0.15, 0.2) is 0 Å². The number of hydrogen-bond donors (Lipinski definition) is 0. The summed E-state index contributed by atoms with van der Waals surface area (Å²) in [6.07, 6.45) is 1.76. The number of hydrogen-bond acceptors (Lipinski definition) is 2. The highest BCUT2D eigenvalue weighted by atomic mass is 32.2. The van der Waals surface area contributed by atoms with Crippen LogP contribution < -0.4 is 0 Å². The Balaban J connectivity index is 0.000000791. The molecule has 0 N–H and O–H groups in total. The van der Waals surface area contributed by atoms with E-state index in [0.29, 0.717) is 0 Å². The van der Waals surface area contributed by atoms with Crippen LogP contribution in [0.5, 0.6) is 0 Å². The van der Waals surface area contributed by atoms with Crippen LogP contribution in [0.25, 0.3) is 0 Å². The molecule has 3 nitrogen and oxygen atoms in total. The van der Waals surface area contributed by atoms with E-state index in [2.05, 4.69) is 30.1 Å². The van der Waals surface area contributed by atoms with Gasteiger partial charge in [0.05, 0.1) is 11.0 Å². The maximum atomic E-state index is 11.3. The third-order valence-electron chi connectivity index (χ3n) is 2.33. The zero-order chi connectivity index (χ0) is 11.4. The van der Waals surface area contributed by atoms with Gasteiger partial charge in [0.25, 0.3) is 0 Å². The predicted molar refractivity (Wildman–Crippen MR) is 63.7 cm³/mol. The highest BCUT2D eigenvalue weighted by molar-refractivity contribution is 7.81. The summed E-state index contributed by atoms with van der Waals surface area (Å²) in [6.45, 7) is 11.2. The molecule has 0 aromatic carbocycles. The average molecular weight is 220 g/mol. The summed E-state index contributed by atoms with van der Waals surface area (Å²) in [5, 5.41) is 0. The third-order valence-corrected chi connectivity index (χ3v) is 3.62. The van der Waals surface area contributed by atoms with E-state index in [9.17, 15) is 4.21 Å². The van der Waals surface area contributed by atoms with E-state index in [0.717, 1.165) is 19.6 Å². The molecule has 0 radical (unpaired) electrons. The van der Waals surface area contributed by atoms with Crippen LogP contribution in [0.1, 0.15) is 27.7 Å². The Morgan fingerprint density at radius 1 is 1.21 bits per heavy atom. The van der Waals surface area contributed by atoms with Gasteiger partial charge in [-0.15, -0.1) is 0 Å². The van der Waals surface area contributed by atoms with Crippen LogP contribution in [0.2, 0.25) is 0 Å². The average Bonchev–Trinajstić information content (AvgIpc) is 2.04. The lowest BCUT2D eigenvalue weighted by Crippen LogP contribution is -2.58. The summed E-state index contributed by atoms with van der Waals surface area (Å²) in [5.74, 6) is 0. The fourth-order valence-electron chi connectivity index (χ4n) is 1.86. The van der Waals surface area contributed by atoms with E-state index in [1.54, 1.807) is 6.26 Å². The molecule has 1 heterocycles. The topological polar surface area (TPSA) is 23.6 Å². The summed E-state index contributed by atoms with van der Waals surface area (Å²) in [4.78, 5) is 2.28. The molecule has 1 saturated heterocycles. The lowest BCUT2D eigenvalue weighted by atomic mass is 10.0. The molecular weight excluding hydrogens is 196 g/mol. The minimum absolute atomic E-state index is 0.0482. The number of likely N-dealkylation sites (N-methyl/N-ethyl adjacent to an activating group) is 1. The minimum atomic E-state index is -0.830. The molecule has 1 unspecified atom stereocenters. The largest absolute Gasteiger partial charge is 0.303 e. The van der Waals surface area contributed by atoms with E-state index in [1.165, 1.54) is 0 Å². The second kappa shape index (κ2) is 5.83. The molecule has 1 aliphatic heterocycles. The smallest absolute Gasteiger partial charge is 0.0916 e. The molecule has 4 heteroatoms. The van der Waals surface area contributed by atoms with Crippen LogP contribution in [-0.4, -0.2) is 51.9 Å². The zero-order valence-electron chi connectivity index (χ0n) is 10.3. The third kappa shape index (κ3) is 3.67. The minimum Gasteiger partial charge on any atom is -0.303 e. The standard InChI is InChI=1S/C8H18N2OS.C2H6/c1-8(2)7-9(3)5-6-10(8)12(4)11;1-2/h5-7H2,1-4H3;1-2H3. The molecule has 14 heavy (non-hydrogen) atoms. The summed E-state index contributed by atoms with van der Waals surface area (Å²) in [6, 6.07) is 0. The second-order valence-corrected chi connectivity index (χ2v) is 5.36. The van der Waals surface area contributed by atoms with Gasteiger partial charge in [-0.25, -0.2) is 8.51 Å². The SMILES string of the molecule is CC.CN1CCN(S(C)=O)C(C)(C)C1. The van der Waals surface area contributed by atoms with Crippen LogP contribution in [0.4, 0.5) is 0 Å². The quantitative estimate of drug-likeness (QED) is 0.665. The molecule has 1 aliphatic rings. The first-order chi connectivity index (χ1) is 6.43. The highest BCUT2D eigenvalue weighted by Gasteiger charge is 2.34. The zero-order valence-corrected chi connectivity index (χ0v) is 11.1. The van der Waals surface area contributed by atoms with Crippen molar-refractivity contribution in [1.82, 2.24) is 9.21 Å². The van der Waals surface area contributed by atoms with Crippen molar-refractivity contribution < 1.29 is 4.21 Å². The van der Waals surface area contributed by atoms with Crippen LogP contribution in [-0.2, 0) is 11.0 Å². The maximum Gasteiger partial charge on any atom is 0.0916 e. The summed E-state index contributed by atoms with van der Waals surface area (Å²) >= 11 is 0. The molecule has 1 fully saturated rings. The van der Waals surface area contributed by atoms with Gasteiger partial charge in [-0.2, -0.15) is 0 Å². The molecule has 0 amide bonds. The molecule has 0 aromatic heterocycles. The van der Waals surface area contributed by atoms with Crippen molar-refractivity contribution in [2.24, 2.45) is 0 Å². The predicted octanol–water partition coefficient (Wildman–Crippen LogP) is 1.33. The van der Waals surface area contributed by atoms with Gasteiger partial charge in [0.1, 0.15) is 0 Å². The fourth-order valence-corrected chi connectivity index (χ4v) is 2.95. The van der Waals surface area contributed by atoms with E-state index in [4.69, 9.17) is 0 Å². The van der Waals surface area contributed by atoms with Gasteiger partial charge in [0, 0.05) is 31.4 Å². The Labute approximate surface area is 91.1 Å². The molecular formula is C10H24N2OS. The monoisotopic (exact) mass is 220 g/mol. The van der Waals surface area contributed by atoms with Crippen LogP contribution >= 0.6 is 0 Å². The van der Waals surface area contributed by atoms with Gasteiger partial charge in [-0.3, -0.25) is 0 Å². The second-order valence-electron chi connectivity index (χ2n) is 4.08. The summed E-state index contributed by atoms with van der Waals surface area (Å²) in [7, 11) is 1.28. The Hall–Kier alpha value is 0.0700. The highest BCUT2D eigenvalue weighted by Crippen LogP contribution is 2.20. The van der Waals surface area contributed by atoms with Gasteiger partial charge >= 0.3 is 0 Å². The molecule has 1 atom stereocenters. The Morgan fingerprint density at radius 3 is 2.07 bits per heavy atom. The van der Waals surface area contributed by atoms with Gasteiger partial charge < -0.3 is 4.90 Å². The van der Waals surface area contributed by atoms with Gasteiger partial charge in [-0.05, 0) is 20.9 Å². The Morgan fingerprint density at radius 2 is 1.71 bits per heavy atom. The van der Waals surface area contributed by atoms with Gasteiger partial charge in [-0.1, -0.05) is 13.8 Å². The van der Waals surface area contributed by atoms with Crippen LogP contribution in [0, 0.1) is 0 Å².